The highest BCUT2D eigenvalue weighted by atomic mass is 32.2. The van der Waals surface area contributed by atoms with Crippen molar-refractivity contribution in [3.8, 4) is 5.75 Å². The number of nitrogens with one attached hydrogen (secondary N) is 2. The van der Waals surface area contributed by atoms with E-state index in [1.54, 1.807) is 24.3 Å². The maximum atomic E-state index is 14.0. The first kappa shape index (κ1) is 17.3. The molecule has 0 spiro atoms. The molecule has 0 bridgehead atoms. The first-order valence-electron chi connectivity index (χ1n) is 7.47. The van der Waals surface area contributed by atoms with E-state index in [-0.39, 0.29) is 11.4 Å². The van der Waals surface area contributed by atoms with E-state index in [9.17, 15) is 17.2 Å². The van der Waals surface area contributed by atoms with Crippen molar-refractivity contribution in [1.29, 1.82) is 5.41 Å². The van der Waals surface area contributed by atoms with Gasteiger partial charge in [-0.1, -0.05) is 18.2 Å². The third-order valence-electron chi connectivity index (χ3n) is 4.08. The van der Waals surface area contributed by atoms with Crippen LogP contribution in [0.4, 0.5) is 8.78 Å². The summed E-state index contributed by atoms with van der Waals surface area (Å²) in [4.78, 5) is 0. The molecular formula is C17H16F2N2O3S. The van der Waals surface area contributed by atoms with E-state index in [2.05, 4.69) is 5.32 Å². The normalized spacial score (nSPS) is 22.3. The molecule has 1 aliphatic rings. The highest BCUT2D eigenvalue weighted by Crippen LogP contribution is 2.34. The minimum Gasteiger partial charge on any atom is -0.497 e. The highest BCUT2D eigenvalue weighted by Gasteiger charge is 2.40. The summed E-state index contributed by atoms with van der Waals surface area (Å²) in [6.45, 7) is 0. The highest BCUT2D eigenvalue weighted by molar-refractivity contribution is 7.92. The molecule has 0 radical (unpaired) electrons. The van der Waals surface area contributed by atoms with Crippen LogP contribution < -0.4 is 10.1 Å². The number of hydrogen-bond donors (Lipinski definition) is 2. The fourth-order valence-electron chi connectivity index (χ4n) is 2.94. The fraction of sp³-hybridized carbons (Fsp3) is 0.235. The van der Waals surface area contributed by atoms with Crippen LogP contribution >= 0.6 is 0 Å². The van der Waals surface area contributed by atoms with Crippen LogP contribution in [0.25, 0.3) is 0 Å². The van der Waals surface area contributed by atoms with Crippen molar-refractivity contribution in [3.05, 3.63) is 65.2 Å². The molecule has 1 heterocycles. The van der Waals surface area contributed by atoms with Crippen molar-refractivity contribution in [2.75, 3.05) is 12.9 Å². The average molecular weight is 366 g/mol. The molecule has 25 heavy (non-hydrogen) atoms. The summed E-state index contributed by atoms with van der Waals surface area (Å²) in [5, 5.41) is 9.69. The average Bonchev–Trinajstić information content (AvgIpc) is 2.53. The van der Waals surface area contributed by atoms with Gasteiger partial charge in [0, 0.05) is 11.6 Å². The summed E-state index contributed by atoms with van der Waals surface area (Å²) in [5.41, 5.74) is 0.411. The van der Waals surface area contributed by atoms with E-state index in [0.717, 1.165) is 6.07 Å². The van der Waals surface area contributed by atoms with Gasteiger partial charge in [-0.05, 0) is 23.8 Å². The molecule has 5 nitrogen and oxygen atoms in total. The van der Waals surface area contributed by atoms with Gasteiger partial charge >= 0.3 is 0 Å². The lowest BCUT2D eigenvalue weighted by atomic mass is 10.1. The first-order valence-corrected chi connectivity index (χ1v) is 9.19. The van der Waals surface area contributed by atoms with Crippen LogP contribution in [0.3, 0.4) is 0 Å². The van der Waals surface area contributed by atoms with Crippen LogP contribution in [0.15, 0.2) is 42.5 Å². The van der Waals surface area contributed by atoms with Crippen LogP contribution in [0.5, 0.6) is 5.75 Å². The van der Waals surface area contributed by atoms with Crippen LogP contribution in [-0.4, -0.2) is 27.1 Å². The monoisotopic (exact) mass is 366 g/mol. The predicted octanol–water partition coefficient (Wildman–Crippen LogP) is 2.75. The third kappa shape index (κ3) is 3.34. The Morgan fingerprint density at radius 1 is 1.20 bits per heavy atom. The molecule has 0 aromatic heterocycles. The Morgan fingerprint density at radius 3 is 2.60 bits per heavy atom. The second-order valence-electron chi connectivity index (χ2n) is 5.76. The van der Waals surface area contributed by atoms with E-state index in [1.165, 1.54) is 13.2 Å². The van der Waals surface area contributed by atoms with E-state index in [4.69, 9.17) is 10.1 Å². The molecular weight excluding hydrogens is 350 g/mol. The second kappa shape index (κ2) is 6.44. The van der Waals surface area contributed by atoms with Gasteiger partial charge in [0.1, 0.15) is 28.5 Å². The fourth-order valence-corrected chi connectivity index (χ4v) is 4.85. The maximum absolute atomic E-state index is 14.0. The van der Waals surface area contributed by atoms with Gasteiger partial charge in [-0.25, -0.2) is 17.2 Å². The van der Waals surface area contributed by atoms with Gasteiger partial charge in [-0.2, -0.15) is 0 Å². The molecule has 0 amide bonds. The van der Waals surface area contributed by atoms with E-state index in [1.807, 2.05) is 0 Å². The molecule has 0 aliphatic carbocycles. The van der Waals surface area contributed by atoms with Gasteiger partial charge < -0.3 is 10.1 Å². The predicted molar refractivity (Wildman–Crippen MR) is 89.5 cm³/mol. The molecule has 0 saturated carbocycles. The molecule has 2 unspecified atom stereocenters. The Balaban J connectivity index is 1.96. The molecule has 3 rings (SSSR count). The lowest BCUT2D eigenvalue weighted by Gasteiger charge is -2.32. The smallest absolute Gasteiger partial charge is 0.166 e. The summed E-state index contributed by atoms with van der Waals surface area (Å²) in [7, 11) is -2.31. The topological polar surface area (TPSA) is 79.2 Å². The van der Waals surface area contributed by atoms with Gasteiger partial charge in [0.25, 0.3) is 0 Å². The molecule has 2 aromatic carbocycles. The number of amidine groups is 1. The number of methoxy groups -OCH3 is 1. The Kier molecular flexibility index (Phi) is 4.47. The number of benzene rings is 2. The summed E-state index contributed by atoms with van der Waals surface area (Å²) < 4.78 is 57.6. The zero-order chi connectivity index (χ0) is 18.2. The summed E-state index contributed by atoms with van der Waals surface area (Å²) in [6, 6.07) is 8.47. The van der Waals surface area contributed by atoms with E-state index >= 15 is 0 Å². The number of ether oxygens (including phenoxy) is 1. The van der Waals surface area contributed by atoms with Crippen molar-refractivity contribution >= 4 is 15.7 Å². The van der Waals surface area contributed by atoms with Gasteiger partial charge in [-0.3, -0.25) is 5.41 Å². The number of halogens is 2. The van der Waals surface area contributed by atoms with Crippen LogP contribution in [0.2, 0.25) is 0 Å². The SMILES string of the molecule is COc1cccc(C2C(=N)NC(c3ccc(F)cc3F)CS2(=O)=O)c1. The van der Waals surface area contributed by atoms with Gasteiger partial charge in [0.15, 0.2) is 9.84 Å². The first-order chi connectivity index (χ1) is 11.8. The lowest BCUT2D eigenvalue weighted by Crippen LogP contribution is -2.45. The lowest BCUT2D eigenvalue weighted by molar-refractivity contribution is 0.414. The molecule has 2 aromatic rings. The summed E-state index contributed by atoms with van der Waals surface area (Å²) in [6.07, 6.45) is 0. The molecule has 1 saturated heterocycles. The standard InChI is InChI=1S/C17H16F2N2O3S/c1-24-12-4-2-3-10(7-12)16-17(20)21-15(9-25(16,22)23)13-6-5-11(18)8-14(13)19/h2-8,15-16H,9H2,1H3,(H2,20,21). The van der Waals surface area contributed by atoms with Crippen molar-refractivity contribution in [2.45, 2.75) is 11.3 Å². The van der Waals surface area contributed by atoms with E-state index in [0.29, 0.717) is 17.4 Å². The minimum absolute atomic E-state index is 0.0128. The summed E-state index contributed by atoms with van der Waals surface area (Å²) >= 11 is 0. The van der Waals surface area contributed by atoms with Crippen molar-refractivity contribution < 1.29 is 21.9 Å². The zero-order valence-electron chi connectivity index (χ0n) is 13.3. The van der Waals surface area contributed by atoms with Crippen molar-refractivity contribution in [2.24, 2.45) is 0 Å². The molecule has 132 valence electrons. The zero-order valence-corrected chi connectivity index (χ0v) is 14.1. The third-order valence-corrected chi connectivity index (χ3v) is 6.11. The van der Waals surface area contributed by atoms with Gasteiger partial charge in [0.05, 0.1) is 18.9 Å². The Hall–Kier alpha value is -2.48. The molecule has 2 atom stereocenters. The van der Waals surface area contributed by atoms with E-state index < -0.39 is 38.5 Å². The molecule has 8 heteroatoms. The van der Waals surface area contributed by atoms with Crippen LogP contribution in [0, 0.1) is 17.0 Å². The van der Waals surface area contributed by atoms with Gasteiger partial charge in [-0.15, -0.1) is 0 Å². The second-order valence-corrected chi connectivity index (χ2v) is 7.89. The van der Waals surface area contributed by atoms with Crippen molar-refractivity contribution in [3.63, 3.8) is 0 Å². The maximum Gasteiger partial charge on any atom is 0.166 e. The molecule has 1 aliphatic heterocycles. The molecule has 2 N–H and O–H groups in total. The van der Waals surface area contributed by atoms with Crippen LogP contribution in [-0.2, 0) is 9.84 Å². The number of hydrogen-bond acceptors (Lipinski definition) is 4. The minimum atomic E-state index is -3.78. The van der Waals surface area contributed by atoms with Crippen molar-refractivity contribution in [1.82, 2.24) is 5.32 Å². The number of sulfone groups is 1. The van der Waals surface area contributed by atoms with Gasteiger partial charge in [0.2, 0.25) is 0 Å². The van der Waals surface area contributed by atoms with Crippen LogP contribution in [0.1, 0.15) is 22.4 Å². The quantitative estimate of drug-likeness (QED) is 0.875. The Labute approximate surface area is 144 Å². The largest absolute Gasteiger partial charge is 0.497 e. The Bertz CT molecular complexity index is 931. The molecule has 1 fully saturated rings. The summed E-state index contributed by atoms with van der Waals surface area (Å²) in [5.74, 6) is -1.77. The number of rotatable bonds is 3. The Morgan fingerprint density at radius 2 is 1.96 bits per heavy atom.